The third kappa shape index (κ3) is 4.06. The largest absolute Gasteiger partial charge is 0.462 e. The molecular formula is C23H24N3O3+. The molecule has 0 spiro atoms. The molecule has 1 aromatic heterocycles. The molecule has 0 saturated heterocycles. The summed E-state index contributed by atoms with van der Waals surface area (Å²) in [6.07, 6.45) is 4.12. The normalized spacial score (nSPS) is 12.4. The first-order valence-electron chi connectivity index (χ1n) is 9.90. The Morgan fingerprint density at radius 2 is 1.86 bits per heavy atom. The summed E-state index contributed by atoms with van der Waals surface area (Å²) in [5, 5.41) is 2.91. The molecule has 1 aliphatic heterocycles. The Kier molecular flexibility index (Phi) is 5.42. The number of aromatic nitrogens is 2. The Labute approximate surface area is 169 Å². The molecule has 148 valence electrons. The van der Waals surface area contributed by atoms with Crippen molar-refractivity contribution < 1.29 is 18.9 Å². The molecule has 0 atom stereocenters. The van der Waals surface area contributed by atoms with Crippen LogP contribution in [0.4, 0.5) is 5.69 Å². The number of esters is 1. The van der Waals surface area contributed by atoms with Gasteiger partial charge in [0.2, 0.25) is 0 Å². The highest BCUT2D eigenvalue weighted by Crippen LogP contribution is 2.24. The van der Waals surface area contributed by atoms with Crippen molar-refractivity contribution >= 4 is 17.6 Å². The van der Waals surface area contributed by atoms with Crippen LogP contribution in [0.5, 0.6) is 0 Å². The minimum atomic E-state index is -0.362. The lowest BCUT2D eigenvalue weighted by Gasteiger charge is -2.06. The summed E-state index contributed by atoms with van der Waals surface area (Å²) in [6.45, 7) is 3.33. The van der Waals surface area contributed by atoms with Crippen molar-refractivity contribution in [1.82, 2.24) is 4.57 Å². The van der Waals surface area contributed by atoms with E-state index in [1.165, 1.54) is 5.82 Å². The number of carbonyl (C=O) groups excluding carboxylic acids is 2. The summed E-state index contributed by atoms with van der Waals surface area (Å²) in [7, 11) is 0. The molecule has 3 aromatic rings. The van der Waals surface area contributed by atoms with Gasteiger partial charge in [-0.1, -0.05) is 30.3 Å². The molecule has 0 unspecified atom stereocenters. The molecule has 0 bridgehead atoms. The maximum Gasteiger partial charge on any atom is 0.338 e. The number of amides is 1. The molecule has 1 amide bonds. The van der Waals surface area contributed by atoms with Gasteiger partial charge in [0.05, 0.1) is 25.1 Å². The minimum Gasteiger partial charge on any atom is -0.462 e. The Morgan fingerprint density at radius 1 is 1.10 bits per heavy atom. The predicted octanol–water partition coefficient (Wildman–Crippen LogP) is 3.20. The molecular weight excluding hydrogens is 366 g/mol. The quantitative estimate of drug-likeness (QED) is 0.519. The average Bonchev–Trinajstić information content (AvgIpc) is 3.33. The number of hydrogen-bond donors (Lipinski definition) is 1. The van der Waals surface area contributed by atoms with Crippen molar-refractivity contribution in [1.29, 1.82) is 0 Å². The van der Waals surface area contributed by atoms with Crippen molar-refractivity contribution in [3.05, 3.63) is 72.2 Å². The summed E-state index contributed by atoms with van der Waals surface area (Å²) in [5.41, 5.74) is 3.42. The Morgan fingerprint density at radius 3 is 2.59 bits per heavy atom. The molecule has 6 nitrogen and oxygen atoms in total. The van der Waals surface area contributed by atoms with Gasteiger partial charge >= 0.3 is 5.97 Å². The molecule has 0 radical (unpaired) electrons. The summed E-state index contributed by atoms with van der Waals surface area (Å²) < 4.78 is 9.32. The fourth-order valence-corrected chi connectivity index (χ4v) is 3.74. The molecule has 2 aromatic carbocycles. The number of carbonyl (C=O) groups is 2. The number of fused-ring (bicyclic) bond motifs is 1. The van der Waals surface area contributed by atoms with Crippen LogP contribution in [-0.4, -0.2) is 23.1 Å². The highest BCUT2D eigenvalue weighted by Gasteiger charge is 2.29. The van der Waals surface area contributed by atoms with Crippen LogP contribution in [0.15, 0.2) is 60.8 Å². The summed E-state index contributed by atoms with van der Waals surface area (Å²) >= 11 is 0. The van der Waals surface area contributed by atoms with Gasteiger partial charge < -0.3 is 10.1 Å². The molecule has 0 fully saturated rings. The minimum absolute atomic E-state index is 0.0983. The van der Waals surface area contributed by atoms with E-state index in [1.54, 1.807) is 31.2 Å². The van der Waals surface area contributed by atoms with E-state index in [2.05, 4.69) is 28.2 Å². The lowest BCUT2D eigenvalue weighted by atomic mass is 10.2. The van der Waals surface area contributed by atoms with E-state index in [0.717, 1.165) is 30.6 Å². The van der Waals surface area contributed by atoms with Crippen LogP contribution in [0.2, 0.25) is 0 Å². The van der Waals surface area contributed by atoms with E-state index in [-0.39, 0.29) is 18.4 Å². The molecule has 1 N–H and O–H groups in total. The lowest BCUT2D eigenvalue weighted by Crippen LogP contribution is -2.42. The first-order valence-corrected chi connectivity index (χ1v) is 9.90. The standard InChI is InChI=1S/C23H23N3O3/c1-2-29-23(28)18-10-12-19(13-11-18)24-21(27)16-25-15-20(17-7-4-3-5-8-17)26-14-6-9-22(25)26/h3-5,7-8,10-13,15H,2,6,9,14,16H2,1H3/p+1. The first kappa shape index (κ1) is 18.9. The zero-order chi connectivity index (χ0) is 20.2. The van der Waals surface area contributed by atoms with E-state index in [1.807, 2.05) is 22.8 Å². The van der Waals surface area contributed by atoms with Gasteiger partial charge in [-0.15, -0.1) is 0 Å². The number of nitrogens with zero attached hydrogens (tertiary/aromatic N) is 2. The molecule has 4 rings (SSSR count). The summed E-state index contributed by atoms with van der Waals surface area (Å²) in [5.74, 6) is 0.717. The number of hydrogen-bond acceptors (Lipinski definition) is 3. The maximum absolute atomic E-state index is 12.6. The van der Waals surface area contributed by atoms with Gasteiger partial charge in [-0.2, -0.15) is 0 Å². The second-order valence-electron chi connectivity index (χ2n) is 7.03. The van der Waals surface area contributed by atoms with E-state index in [4.69, 9.17) is 4.74 Å². The Balaban J connectivity index is 1.47. The molecule has 0 saturated carbocycles. The van der Waals surface area contributed by atoms with Gasteiger partial charge in [-0.25, -0.2) is 13.9 Å². The second-order valence-corrected chi connectivity index (χ2v) is 7.03. The third-order valence-corrected chi connectivity index (χ3v) is 5.06. The summed E-state index contributed by atoms with van der Waals surface area (Å²) in [4.78, 5) is 24.3. The van der Waals surface area contributed by atoms with Crippen LogP contribution >= 0.6 is 0 Å². The van der Waals surface area contributed by atoms with Gasteiger partial charge in [-0.3, -0.25) is 4.79 Å². The molecule has 1 aliphatic rings. The van der Waals surface area contributed by atoms with Gasteiger partial charge in [0.25, 0.3) is 11.7 Å². The van der Waals surface area contributed by atoms with Crippen LogP contribution in [0.3, 0.4) is 0 Å². The van der Waals surface area contributed by atoms with Gasteiger partial charge in [-0.05, 0) is 37.6 Å². The number of imidazole rings is 1. The van der Waals surface area contributed by atoms with Crippen molar-refractivity contribution in [2.75, 3.05) is 11.9 Å². The Hall–Kier alpha value is -3.41. The van der Waals surface area contributed by atoms with E-state index in [9.17, 15) is 9.59 Å². The number of ether oxygens (including phenoxy) is 1. The zero-order valence-corrected chi connectivity index (χ0v) is 16.4. The van der Waals surface area contributed by atoms with Gasteiger partial charge in [0, 0.05) is 11.3 Å². The third-order valence-electron chi connectivity index (χ3n) is 5.06. The van der Waals surface area contributed by atoms with Crippen LogP contribution in [0.1, 0.15) is 29.5 Å². The van der Waals surface area contributed by atoms with Crippen molar-refractivity contribution in [2.45, 2.75) is 32.9 Å². The van der Waals surface area contributed by atoms with Crippen LogP contribution in [0, 0.1) is 0 Å². The highest BCUT2D eigenvalue weighted by molar-refractivity contribution is 5.92. The second kappa shape index (κ2) is 8.31. The smallest absolute Gasteiger partial charge is 0.338 e. The first-order chi connectivity index (χ1) is 14.2. The monoisotopic (exact) mass is 390 g/mol. The molecule has 0 aliphatic carbocycles. The number of anilines is 1. The lowest BCUT2D eigenvalue weighted by molar-refractivity contribution is -0.690. The number of nitrogens with one attached hydrogen (secondary N) is 1. The van der Waals surface area contributed by atoms with Crippen LogP contribution in [0.25, 0.3) is 11.3 Å². The Bertz CT molecular complexity index is 1020. The predicted molar refractivity (Wildman–Crippen MR) is 109 cm³/mol. The van der Waals surface area contributed by atoms with E-state index < -0.39 is 0 Å². The maximum atomic E-state index is 12.6. The average molecular weight is 390 g/mol. The SMILES string of the molecule is CCOC(=O)c1ccc(NC(=O)C[n+]2cc(-c3ccccc3)n3c2CCC3)cc1. The number of benzene rings is 2. The van der Waals surface area contributed by atoms with Crippen LogP contribution < -0.4 is 9.88 Å². The van der Waals surface area contributed by atoms with E-state index >= 15 is 0 Å². The molecule has 29 heavy (non-hydrogen) atoms. The molecule has 6 heteroatoms. The molecule has 2 heterocycles. The number of rotatable bonds is 6. The fraction of sp³-hybridized carbons (Fsp3) is 0.261. The van der Waals surface area contributed by atoms with Crippen molar-refractivity contribution in [3.63, 3.8) is 0 Å². The van der Waals surface area contributed by atoms with Gasteiger partial charge in [0.1, 0.15) is 6.20 Å². The summed E-state index contributed by atoms with van der Waals surface area (Å²) in [6, 6.07) is 17.0. The van der Waals surface area contributed by atoms with Gasteiger partial charge in [0.15, 0.2) is 12.2 Å². The highest BCUT2D eigenvalue weighted by atomic mass is 16.5. The fourth-order valence-electron chi connectivity index (χ4n) is 3.74. The van der Waals surface area contributed by atoms with Crippen molar-refractivity contribution in [3.8, 4) is 11.3 Å². The zero-order valence-electron chi connectivity index (χ0n) is 16.4. The van der Waals surface area contributed by atoms with Crippen LogP contribution in [-0.2, 0) is 29.0 Å². The van der Waals surface area contributed by atoms with Crippen molar-refractivity contribution in [2.24, 2.45) is 0 Å². The van der Waals surface area contributed by atoms with E-state index in [0.29, 0.717) is 17.9 Å². The topological polar surface area (TPSA) is 64.2 Å².